The quantitative estimate of drug-likeness (QED) is 0.228. The largest absolute Gasteiger partial charge is 0.502 e. The number of phenols is 1. The third-order valence-corrected chi connectivity index (χ3v) is 12.2. The molecule has 0 spiro atoms. The zero-order chi connectivity index (χ0) is 35.6. The van der Waals surface area contributed by atoms with Crippen molar-refractivity contribution in [2.45, 2.75) is 69.2 Å². The van der Waals surface area contributed by atoms with Gasteiger partial charge in [-0.15, -0.1) is 0 Å². The number of methoxy groups -OCH3 is 2. The van der Waals surface area contributed by atoms with Gasteiger partial charge in [-0.25, -0.2) is 0 Å². The van der Waals surface area contributed by atoms with Crippen LogP contribution >= 0.6 is 0 Å². The molecule has 2 saturated heterocycles. The summed E-state index contributed by atoms with van der Waals surface area (Å²) in [5, 5.41) is 12.1. The molecule has 6 unspecified atom stereocenters. The lowest BCUT2D eigenvalue weighted by Gasteiger charge is -2.50. The fourth-order valence-corrected chi connectivity index (χ4v) is 9.93. The third kappa shape index (κ3) is 4.89. The number of ether oxygens (including phenoxy) is 2. The maximum atomic E-state index is 15.4. The lowest BCUT2D eigenvalue weighted by atomic mass is 9.49. The van der Waals surface area contributed by atoms with E-state index < -0.39 is 46.8 Å². The van der Waals surface area contributed by atoms with Gasteiger partial charge < -0.3 is 14.6 Å². The zero-order valence-corrected chi connectivity index (χ0v) is 29.1. The molecule has 2 aliphatic heterocycles. The highest BCUT2D eigenvalue weighted by Gasteiger charge is 2.70. The van der Waals surface area contributed by atoms with E-state index in [4.69, 9.17) is 9.47 Å². The fourth-order valence-electron chi connectivity index (χ4n) is 9.93. The summed E-state index contributed by atoms with van der Waals surface area (Å²) < 4.78 is 11.2. The van der Waals surface area contributed by atoms with Gasteiger partial charge >= 0.3 is 0 Å². The highest BCUT2D eigenvalue weighted by atomic mass is 16.5. The first-order valence-electron chi connectivity index (χ1n) is 18.0. The van der Waals surface area contributed by atoms with Gasteiger partial charge in [0.25, 0.3) is 11.8 Å². The summed E-state index contributed by atoms with van der Waals surface area (Å²) >= 11 is 0. The number of hydrazine groups is 1. The van der Waals surface area contributed by atoms with Crippen LogP contribution in [0.1, 0.15) is 67.6 Å². The second-order valence-corrected chi connectivity index (χ2v) is 14.7. The van der Waals surface area contributed by atoms with Crippen LogP contribution in [0.15, 0.2) is 78.4 Å². The lowest BCUT2D eigenvalue weighted by molar-refractivity contribution is -0.144. The van der Waals surface area contributed by atoms with Crippen LogP contribution in [0.25, 0.3) is 0 Å². The number of imide groups is 2. The van der Waals surface area contributed by atoms with Crippen molar-refractivity contribution in [1.82, 2.24) is 9.91 Å². The number of fused-ring (bicyclic) bond motifs is 4. The minimum Gasteiger partial charge on any atom is -0.502 e. The molecule has 4 fully saturated rings. The average molecular weight is 690 g/mol. The molecule has 8 rings (SSSR count). The van der Waals surface area contributed by atoms with Gasteiger partial charge in [-0.1, -0.05) is 78.9 Å². The van der Waals surface area contributed by atoms with E-state index in [0.29, 0.717) is 23.2 Å². The van der Waals surface area contributed by atoms with Crippen molar-refractivity contribution in [2.75, 3.05) is 19.6 Å². The van der Waals surface area contributed by atoms with Gasteiger partial charge in [-0.05, 0) is 73.9 Å². The first kappa shape index (κ1) is 33.0. The molecule has 4 amide bonds. The summed E-state index contributed by atoms with van der Waals surface area (Å²) in [7, 11) is 2.89. The molecule has 10 nitrogen and oxygen atoms in total. The van der Waals surface area contributed by atoms with Crippen LogP contribution < -0.4 is 14.9 Å². The molecule has 2 saturated carbocycles. The smallest absolute Gasteiger partial charge is 0.260 e. The Morgan fingerprint density at radius 2 is 1.49 bits per heavy atom. The number of nitrogens with zero attached hydrogens (tertiary/aromatic N) is 2. The fraction of sp³-hybridized carbons (Fsp3) is 0.415. The molecular formula is C41H43N3O7. The Morgan fingerprint density at radius 1 is 0.824 bits per heavy atom. The molecular weight excluding hydrogens is 646 g/mol. The molecule has 0 bridgehead atoms. The number of aromatic hydroxyl groups is 1. The van der Waals surface area contributed by atoms with Gasteiger partial charge in [0.05, 0.1) is 43.1 Å². The Labute approximate surface area is 297 Å². The predicted molar refractivity (Wildman–Crippen MR) is 189 cm³/mol. The van der Waals surface area contributed by atoms with Crippen molar-refractivity contribution < 1.29 is 33.8 Å². The van der Waals surface area contributed by atoms with E-state index in [1.54, 1.807) is 17.0 Å². The van der Waals surface area contributed by atoms with Crippen molar-refractivity contribution in [3.8, 4) is 17.2 Å². The first-order chi connectivity index (χ1) is 24.7. The van der Waals surface area contributed by atoms with Crippen LogP contribution in [0.3, 0.4) is 0 Å². The predicted octanol–water partition coefficient (Wildman–Crippen LogP) is 6.04. The topological polar surface area (TPSA) is 125 Å². The van der Waals surface area contributed by atoms with E-state index in [1.165, 1.54) is 14.2 Å². The van der Waals surface area contributed by atoms with Crippen LogP contribution in [0, 0.1) is 30.6 Å². The SMILES string of the molecule is COc1cc(C2C3=CCC4C(=O)N(C5CCCCC5)C(=O)C4C3CC3C(=O)N(Nc4ccc(C)cc4)C(=O)C32c2ccccc2)cc(OC)c1O. The van der Waals surface area contributed by atoms with Crippen molar-refractivity contribution in [3.05, 3.63) is 95.1 Å². The monoisotopic (exact) mass is 689 g/mol. The number of rotatable bonds is 7. The number of amides is 4. The second kappa shape index (κ2) is 12.6. The Hall–Kier alpha value is -5.12. The molecule has 2 N–H and O–H groups in total. The molecule has 264 valence electrons. The molecule has 51 heavy (non-hydrogen) atoms. The highest BCUT2D eigenvalue weighted by Crippen LogP contribution is 2.65. The summed E-state index contributed by atoms with van der Waals surface area (Å²) in [6.45, 7) is 1.97. The van der Waals surface area contributed by atoms with Gasteiger partial charge in [0.2, 0.25) is 17.6 Å². The minimum absolute atomic E-state index is 0.106. The number of likely N-dealkylation sites (tertiary alicyclic amines) is 1. The number of anilines is 1. The molecule has 0 aromatic heterocycles. The Kier molecular flexibility index (Phi) is 8.15. The summed E-state index contributed by atoms with van der Waals surface area (Å²) in [6, 6.07) is 20.1. The average Bonchev–Trinajstić information content (AvgIpc) is 3.54. The molecule has 3 aromatic carbocycles. The number of phenolic OH excluding ortho intramolecular Hbond substituents is 1. The maximum absolute atomic E-state index is 15.4. The number of hydrogen-bond donors (Lipinski definition) is 2. The standard InChI is InChI=1S/C41H43N3O7/c1-23-14-16-26(17-15-23)42-44-38(47)31-22-30-28(18-19-29-34(30)39(48)43(37(29)46)27-12-8-5-9-13-27)35(24-20-32(50-2)36(45)33(21-24)51-3)41(31,40(44)49)25-10-6-4-7-11-25/h4,6-7,10-11,14-18,20-21,27,29-31,34-35,42,45H,5,8-9,12-13,19,22H2,1-3H3. The minimum atomic E-state index is -1.44. The highest BCUT2D eigenvalue weighted by molar-refractivity contribution is 6.13. The van der Waals surface area contributed by atoms with Gasteiger partial charge in [0.1, 0.15) is 0 Å². The second-order valence-electron chi connectivity index (χ2n) is 14.7. The van der Waals surface area contributed by atoms with Crippen LogP contribution in [0.4, 0.5) is 5.69 Å². The molecule has 6 atom stereocenters. The van der Waals surface area contributed by atoms with Crippen molar-refractivity contribution in [3.63, 3.8) is 0 Å². The van der Waals surface area contributed by atoms with Gasteiger partial charge in [0.15, 0.2) is 11.5 Å². The van der Waals surface area contributed by atoms with Crippen LogP contribution in [0.2, 0.25) is 0 Å². The Bertz CT molecular complexity index is 1910. The van der Waals surface area contributed by atoms with E-state index in [9.17, 15) is 19.5 Å². The van der Waals surface area contributed by atoms with E-state index >= 15 is 4.79 Å². The molecule has 3 aromatic rings. The molecule has 0 radical (unpaired) electrons. The Balaban J connectivity index is 1.33. The number of nitrogens with one attached hydrogen (secondary N) is 1. The number of carbonyl (C=O) groups is 4. The normalized spacial score (nSPS) is 29.0. The van der Waals surface area contributed by atoms with Crippen molar-refractivity contribution in [2.24, 2.45) is 23.7 Å². The van der Waals surface area contributed by atoms with Crippen molar-refractivity contribution in [1.29, 1.82) is 0 Å². The molecule has 5 aliphatic rings. The zero-order valence-electron chi connectivity index (χ0n) is 29.1. The number of allylic oxidation sites excluding steroid dienone is 2. The maximum Gasteiger partial charge on any atom is 0.260 e. The first-order valence-corrected chi connectivity index (χ1v) is 18.0. The number of carbonyl (C=O) groups excluding carboxylic acids is 4. The van der Waals surface area contributed by atoms with Crippen LogP contribution in [-0.2, 0) is 24.6 Å². The van der Waals surface area contributed by atoms with Crippen molar-refractivity contribution >= 4 is 29.3 Å². The van der Waals surface area contributed by atoms with Gasteiger partial charge in [-0.2, -0.15) is 5.01 Å². The summed E-state index contributed by atoms with van der Waals surface area (Å²) in [5.74, 6) is -4.24. The number of benzene rings is 3. The molecule has 2 heterocycles. The lowest BCUT2D eigenvalue weighted by Crippen LogP contribution is -2.53. The number of hydrogen-bond acceptors (Lipinski definition) is 8. The van der Waals surface area contributed by atoms with E-state index in [0.717, 1.165) is 48.2 Å². The Morgan fingerprint density at radius 3 is 2.14 bits per heavy atom. The van der Waals surface area contributed by atoms with Gasteiger partial charge in [0, 0.05) is 12.0 Å². The van der Waals surface area contributed by atoms with E-state index in [-0.39, 0.29) is 41.5 Å². The van der Waals surface area contributed by atoms with E-state index in [1.807, 2.05) is 67.6 Å². The van der Waals surface area contributed by atoms with E-state index in [2.05, 4.69) is 5.43 Å². The van der Waals surface area contributed by atoms with Gasteiger partial charge in [-0.3, -0.25) is 29.5 Å². The van der Waals surface area contributed by atoms with Crippen LogP contribution in [0.5, 0.6) is 17.2 Å². The molecule has 3 aliphatic carbocycles. The van der Waals surface area contributed by atoms with Crippen LogP contribution in [-0.4, -0.2) is 58.9 Å². The third-order valence-electron chi connectivity index (χ3n) is 12.2. The number of aryl methyl sites for hydroxylation is 1. The molecule has 10 heteroatoms. The summed E-state index contributed by atoms with van der Waals surface area (Å²) in [4.78, 5) is 60.4. The summed E-state index contributed by atoms with van der Waals surface area (Å²) in [6.07, 6.45) is 7.31. The summed E-state index contributed by atoms with van der Waals surface area (Å²) in [5.41, 5.74) is 5.43.